The van der Waals surface area contributed by atoms with Crippen LogP contribution in [0, 0.1) is 6.92 Å². The van der Waals surface area contributed by atoms with E-state index in [1.165, 1.54) is 16.5 Å². The van der Waals surface area contributed by atoms with Crippen LogP contribution in [-0.4, -0.2) is 11.0 Å². The minimum atomic E-state index is -0.467. The van der Waals surface area contributed by atoms with Crippen LogP contribution in [0.1, 0.15) is 36.6 Å². The maximum absolute atomic E-state index is 11.2. The minimum Gasteiger partial charge on any atom is -0.356 e. The number of carbonyl (C=O) groups excluding carboxylic acids is 1. The molecule has 2 aromatic rings. The van der Waals surface area contributed by atoms with Gasteiger partial charge in [-0.1, -0.05) is 11.6 Å². The van der Waals surface area contributed by atoms with Gasteiger partial charge in [0.25, 0.3) is 0 Å². The summed E-state index contributed by atoms with van der Waals surface area (Å²) < 4.78 is 0. The highest BCUT2D eigenvalue weighted by atomic mass is 16.2. The van der Waals surface area contributed by atoms with Crippen LogP contribution in [0.4, 0.5) is 4.79 Å². The van der Waals surface area contributed by atoms with Crippen molar-refractivity contribution < 1.29 is 4.79 Å². The van der Waals surface area contributed by atoms with E-state index in [1.54, 1.807) is 0 Å². The van der Waals surface area contributed by atoms with Crippen molar-refractivity contribution in [2.75, 3.05) is 0 Å². The topological polar surface area (TPSA) is 70.9 Å². The van der Waals surface area contributed by atoms with Gasteiger partial charge >= 0.3 is 6.03 Å². The molecule has 4 nitrogen and oxygen atoms in total. The second-order valence-electron chi connectivity index (χ2n) is 5.70. The van der Waals surface area contributed by atoms with Gasteiger partial charge in [0, 0.05) is 16.6 Å². The number of primary amides is 1. The zero-order valence-corrected chi connectivity index (χ0v) is 11.3. The van der Waals surface area contributed by atoms with E-state index in [1.807, 2.05) is 6.92 Å². The first-order valence-electron chi connectivity index (χ1n) is 6.69. The molecule has 1 heterocycles. The van der Waals surface area contributed by atoms with Gasteiger partial charge in [0.05, 0.1) is 5.54 Å². The average molecular weight is 257 g/mol. The molecule has 1 aliphatic carbocycles. The molecule has 0 bridgehead atoms. The van der Waals surface area contributed by atoms with E-state index in [0.29, 0.717) is 0 Å². The highest BCUT2D eigenvalue weighted by Crippen LogP contribution is 2.38. The summed E-state index contributed by atoms with van der Waals surface area (Å²) in [6.45, 7) is 4.14. The lowest BCUT2D eigenvalue weighted by molar-refractivity contribution is 0.229. The third kappa shape index (κ3) is 1.87. The Morgan fingerprint density at radius 1 is 1.47 bits per heavy atom. The van der Waals surface area contributed by atoms with Gasteiger partial charge in [-0.25, -0.2) is 4.79 Å². The molecule has 1 aliphatic rings. The fraction of sp³-hybridized carbons (Fsp3) is 0.400. The molecule has 1 aromatic carbocycles. The number of carbonyl (C=O) groups is 1. The average Bonchev–Trinajstić information content (AvgIpc) is 2.68. The molecule has 0 aliphatic heterocycles. The summed E-state index contributed by atoms with van der Waals surface area (Å²) in [6.07, 6.45) is 3.02. The molecule has 3 rings (SSSR count). The van der Waals surface area contributed by atoms with Crippen LogP contribution in [0.3, 0.4) is 0 Å². The standard InChI is InChI=1S/C15H19N3O/c1-9-5-6-12-11(8-9)10-4-3-7-15(2,13(10)17-12)18-14(16)19/h5-6,8,17H,3-4,7H2,1-2H3,(H3,16,18,19). The molecule has 1 unspecified atom stereocenters. The number of benzene rings is 1. The SMILES string of the molecule is Cc1ccc2[nH]c3c(c2c1)CCCC3(C)NC(N)=O. The number of urea groups is 1. The second kappa shape index (κ2) is 4.02. The number of H-pyrrole nitrogens is 1. The molecule has 1 aromatic heterocycles. The zero-order valence-electron chi connectivity index (χ0n) is 11.3. The van der Waals surface area contributed by atoms with Gasteiger partial charge in [-0.05, 0) is 50.8 Å². The van der Waals surface area contributed by atoms with Gasteiger partial charge in [0.15, 0.2) is 0 Å². The van der Waals surface area contributed by atoms with Crippen molar-refractivity contribution >= 4 is 16.9 Å². The first-order chi connectivity index (χ1) is 8.99. The number of aromatic amines is 1. The second-order valence-corrected chi connectivity index (χ2v) is 5.70. The van der Waals surface area contributed by atoms with Crippen molar-refractivity contribution in [2.45, 2.75) is 38.6 Å². The first kappa shape index (κ1) is 12.1. The number of aryl methyl sites for hydroxylation is 2. The van der Waals surface area contributed by atoms with Crippen LogP contribution in [0.2, 0.25) is 0 Å². The molecular formula is C15H19N3O. The summed E-state index contributed by atoms with van der Waals surface area (Å²) in [5, 5.41) is 4.17. The summed E-state index contributed by atoms with van der Waals surface area (Å²) in [4.78, 5) is 14.7. The summed E-state index contributed by atoms with van der Waals surface area (Å²) in [5.74, 6) is 0. The van der Waals surface area contributed by atoms with E-state index in [2.05, 4.69) is 35.4 Å². The number of amides is 2. The van der Waals surface area contributed by atoms with E-state index < -0.39 is 6.03 Å². The molecule has 4 N–H and O–H groups in total. The zero-order chi connectivity index (χ0) is 13.6. The van der Waals surface area contributed by atoms with Crippen LogP contribution >= 0.6 is 0 Å². The van der Waals surface area contributed by atoms with Gasteiger partial charge in [0.1, 0.15) is 0 Å². The summed E-state index contributed by atoms with van der Waals surface area (Å²) in [6, 6.07) is 5.95. The molecule has 0 saturated carbocycles. The number of fused-ring (bicyclic) bond motifs is 3. The van der Waals surface area contributed by atoms with Gasteiger partial charge in [-0.15, -0.1) is 0 Å². The highest BCUT2D eigenvalue weighted by Gasteiger charge is 2.35. The maximum Gasteiger partial charge on any atom is 0.312 e. The Bertz CT molecular complexity index is 659. The third-order valence-electron chi connectivity index (χ3n) is 4.12. The molecule has 0 radical (unpaired) electrons. The molecular weight excluding hydrogens is 238 g/mol. The molecule has 1 atom stereocenters. The Kier molecular flexibility index (Phi) is 2.55. The Hall–Kier alpha value is -1.97. The third-order valence-corrected chi connectivity index (χ3v) is 4.12. The molecule has 2 amide bonds. The van der Waals surface area contributed by atoms with Crippen molar-refractivity contribution in [2.24, 2.45) is 5.73 Å². The lowest BCUT2D eigenvalue weighted by atomic mass is 9.81. The maximum atomic E-state index is 11.2. The Morgan fingerprint density at radius 3 is 3.00 bits per heavy atom. The minimum absolute atomic E-state index is 0.383. The van der Waals surface area contributed by atoms with E-state index in [0.717, 1.165) is 30.5 Å². The van der Waals surface area contributed by atoms with E-state index in [4.69, 9.17) is 5.73 Å². The quantitative estimate of drug-likeness (QED) is 0.722. The monoisotopic (exact) mass is 257 g/mol. The van der Waals surface area contributed by atoms with E-state index in [-0.39, 0.29) is 5.54 Å². The Labute approximate surface area is 112 Å². The predicted molar refractivity (Wildman–Crippen MR) is 76.0 cm³/mol. The lowest BCUT2D eigenvalue weighted by Gasteiger charge is -2.34. The van der Waals surface area contributed by atoms with E-state index >= 15 is 0 Å². The number of aromatic nitrogens is 1. The molecule has 100 valence electrons. The van der Waals surface area contributed by atoms with Crippen LogP contribution < -0.4 is 11.1 Å². The van der Waals surface area contributed by atoms with Crippen LogP contribution in [0.15, 0.2) is 18.2 Å². The summed E-state index contributed by atoms with van der Waals surface area (Å²) >= 11 is 0. The smallest absolute Gasteiger partial charge is 0.312 e. The largest absolute Gasteiger partial charge is 0.356 e. The lowest BCUT2D eigenvalue weighted by Crippen LogP contribution is -2.48. The van der Waals surface area contributed by atoms with Crippen LogP contribution in [0.25, 0.3) is 10.9 Å². The van der Waals surface area contributed by atoms with Gasteiger partial charge in [-0.3, -0.25) is 0 Å². The van der Waals surface area contributed by atoms with Crippen molar-refractivity contribution in [3.8, 4) is 0 Å². The molecule has 4 heteroatoms. The van der Waals surface area contributed by atoms with Gasteiger partial charge in [-0.2, -0.15) is 0 Å². The predicted octanol–water partition coefficient (Wildman–Crippen LogP) is 2.70. The van der Waals surface area contributed by atoms with Crippen molar-refractivity contribution in [3.63, 3.8) is 0 Å². The van der Waals surface area contributed by atoms with E-state index in [9.17, 15) is 4.79 Å². The van der Waals surface area contributed by atoms with Crippen molar-refractivity contribution in [1.29, 1.82) is 0 Å². The normalized spacial score (nSPS) is 22.2. The first-order valence-corrected chi connectivity index (χ1v) is 6.69. The summed E-state index contributed by atoms with van der Waals surface area (Å²) in [7, 11) is 0. The van der Waals surface area contributed by atoms with Crippen LogP contribution in [-0.2, 0) is 12.0 Å². The van der Waals surface area contributed by atoms with Gasteiger partial charge < -0.3 is 16.0 Å². The number of nitrogens with one attached hydrogen (secondary N) is 2. The fourth-order valence-electron chi connectivity index (χ4n) is 3.23. The summed E-state index contributed by atoms with van der Waals surface area (Å²) in [5.41, 5.74) is 9.76. The molecule has 0 fully saturated rings. The molecule has 0 spiro atoms. The number of nitrogens with two attached hydrogens (primary N) is 1. The fourth-order valence-corrected chi connectivity index (χ4v) is 3.23. The number of hydrogen-bond acceptors (Lipinski definition) is 1. The molecule has 0 saturated heterocycles. The highest BCUT2D eigenvalue weighted by molar-refractivity contribution is 5.86. The van der Waals surface area contributed by atoms with Crippen LogP contribution in [0.5, 0.6) is 0 Å². The van der Waals surface area contributed by atoms with Crippen molar-refractivity contribution in [1.82, 2.24) is 10.3 Å². The van der Waals surface area contributed by atoms with Crippen molar-refractivity contribution in [3.05, 3.63) is 35.0 Å². The Balaban J connectivity index is 2.20. The van der Waals surface area contributed by atoms with Gasteiger partial charge in [0.2, 0.25) is 0 Å². The molecule has 19 heavy (non-hydrogen) atoms. The Morgan fingerprint density at radius 2 is 2.26 bits per heavy atom. The number of rotatable bonds is 1. The number of hydrogen-bond donors (Lipinski definition) is 3.